The van der Waals surface area contributed by atoms with Crippen LogP contribution in [-0.2, 0) is 0 Å². The quantitative estimate of drug-likeness (QED) is 0.544. The van der Waals surface area contributed by atoms with Gasteiger partial charge in [0.25, 0.3) is 5.91 Å². The second-order valence-corrected chi connectivity index (χ2v) is 9.17. The minimum absolute atomic E-state index is 0.0607. The summed E-state index contributed by atoms with van der Waals surface area (Å²) in [5.41, 5.74) is 1.28. The highest BCUT2D eigenvalue weighted by atomic mass is 32.2. The summed E-state index contributed by atoms with van der Waals surface area (Å²) < 4.78 is 13.1. The van der Waals surface area contributed by atoms with Crippen molar-refractivity contribution in [2.24, 2.45) is 11.8 Å². The first-order valence-electron chi connectivity index (χ1n) is 10.3. The Bertz CT molecular complexity index is 1010. The molecular formula is C23H26N4O3S. The number of rotatable bonds is 6. The Balaban J connectivity index is 1.36. The average molecular weight is 439 g/mol. The topological polar surface area (TPSA) is 80.5 Å². The Morgan fingerprint density at radius 3 is 2.39 bits per heavy atom. The van der Waals surface area contributed by atoms with E-state index in [1.54, 1.807) is 19.1 Å². The molecule has 1 fully saturated rings. The van der Waals surface area contributed by atoms with Crippen LogP contribution >= 0.6 is 11.9 Å². The molecule has 1 aromatic heterocycles. The first kappa shape index (κ1) is 21.4. The molecule has 31 heavy (non-hydrogen) atoms. The Kier molecular flexibility index (Phi) is 6.58. The van der Waals surface area contributed by atoms with E-state index < -0.39 is 0 Å². The Morgan fingerprint density at radius 1 is 1.06 bits per heavy atom. The maximum absolute atomic E-state index is 12.6. The Morgan fingerprint density at radius 2 is 1.74 bits per heavy atom. The third-order valence-electron chi connectivity index (χ3n) is 5.17. The molecule has 0 spiro atoms. The van der Waals surface area contributed by atoms with E-state index in [4.69, 9.17) is 9.15 Å². The maximum atomic E-state index is 12.6. The summed E-state index contributed by atoms with van der Waals surface area (Å²) in [6, 6.07) is 14.9. The van der Waals surface area contributed by atoms with Crippen molar-refractivity contribution in [2.75, 3.05) is 25.5 Å². The zero-order valence-electron chi connectivity index (χ0n) is 17.9. The molecule has 1 aliphatic heterocycles. The number of aromatic nitrogens is 2. The van der Waals surface area contributed by atoms with Crippen molar-refractivity contribution in [3.05, 3.63) is 54.1 Å². The lowest BCUT2D eigenvalue weighted by atomic mass is 9.94. The second kappa shape index (κ2) is 9.53. The molecule has 4 rings (SSSR count). The van der Waals surface area contributed by atoms with Gasteiger partial charge in [0.2, 0.25) is 5.89 Å². The lowest BCUT2D eigenvalue weighted by Crippen LogP contribution is -2.33. The standard InChI is InChI=1S/C23H26N4O3S/c1-15-12-16(2)14-27(13-15)31-20-10-6-17(7-11-20)21(28)24-23-26-25-22(30-23)18-4-8-19(29-3)9-5-18/h4-11,15-16H,12-14H2,1-3H3,(H,24,26,28)/t15-,16+. The molecular weight excluding hydrogens is 412 g/mol. The number of piperidine rings is 1. The van der Waals surface area contributed by atoms with E-state index in [0.29, 0.717) is 23.3 Å². The van der Waals surface area contributed by atoms with Crippen LogP contribution in [0.3, 0.4) is 0 Å². The molecule has 0 radical (unpaired) electrons. The zero-order valence-corrected chi connectivity index (χ0v) is 18.7. The highest BCUT2D eigenvalue weighted by molar-refractivity contribution is 7.97. The minimum Gasteiger partial charge on any atom is -0.497 e. The molecule has 0 aliphatic carbocycles. The van der Waals surface area contributed by atoms with Crippen LogP contribution in [0.15, 0.2) is 57.8 Å². The SMILES string of the molecule is COc1ccc(-c2nnc(NC(=O)c3ccc(SN4C[C@H](C)C[C@H](C)C4)cc3)o2)cc1. The normalized spacial score (nSPS) is 19.2. The first-order valence-corrected chi connectivity index (χ1v) is 11.1. The third kappa shape index (κ3) is 5.45. The van der Waals surface area contributed by atoms with Crippen molar-refractivity contribution in [1.82, 2.24) is 14.5 Å². The van der Waals surface area contributed by atoms with E-state index >= 15 is 0 Å². The molecule has 2 heterocycles. The van der Waals surface area contributed by atoms with Gasteiger partial charge in [-0.05, 0) is 78.7 Å². The van der Waals surface area contributed by atoms with Crippen molar-refractivity contribution in [2.45, 2.75) is 25.2 Å². The molecule has 1 saturated heterocycles. The van der Waals surface area contributed by atoms with E-state index in [2.05, 4.69) is 33.7 Å². The fourth-order valence-corrected chi connectivity index (χ4v) is 5.00. The number of hydrogen-bond donors (Lipinski definition) is 1. The molecule has 7 nitrogen and oxygen atoms in total. The number of hydrogen-bond acceptors (Lipinski definition) is 7. The Labute approximate surface area is 186 Å². The van der Waals surface area contributed by atoms with Crippen molar-refractivity contribution >= 4 is 23.9 Å². The van der Waals surface area contributed by atoms with Gasteiger partial charge >= 0.3 is 6.01 Å². The lowest BCUT2D eigenvalue weighted by Gasteiger charge is -2.33. The average Bonchev–Trinajstić information content (AvgIpc) is 3.22. The van der Waals surface area contributed by atoms with Gasteiger partial charge in [0.15, 0.2) is 0 Å². The molecule has 162 valence electrons. The largest absolute Gasteiger partial charge is 0.497 e. The van der Waals surface area contributed by atoms with Crippen LogP contribution in [-0.4, -0.2) is 40.6 Å². The van der Waals surface area contributed by atoms with E-state index in [1.807, 2.05) is 48.5 Å². The smallest absolute Gasteiger partial charge is 0.322 e. The molecule has 3 aromatic rings. The number of amides is 1. The van der Waals surface area contributed by atoms with E-state index in [1.165, 1.54) is 6.42 Å². The summed E-state index contributed by atoms with van der Waals surface area (Å²) in [7, 11) is 1.61. The predicted molar refractivity (Wildman–Crippen MR) is 121 cm³/mol. The highest BCUT2D eigenvalue weighted by Gasteiger charge is 2.22. The number of carbonyl (C=O) groups is 1. The van der Waals surface area contributed by atoms with Gasteiger partial charge in [0.1, 0.15) is 5.75 Å². The van der Waals surface area contributed by atoms with Gasteiger partial charge < -0.3 is 9.15 Å². The third-order valence-corrected chi connectivity index (χ3v) is 6.21. The van der Waals surface area contributed by atoms with E-state index in [0.717, 1.165) is 29.3 Å². The van der Waals surface area contributed by atoms with E-state index in [9.17, 15) is 4.79 Å². The first-order chi connectivity index (χ1) is 15.0. The van der Waals surface area contributed by atoms with Gasteiger partial charge in [-0.2, -0.15) is 0 Å². The van der Waals surface area contributed by atoms with Gasteiger partial charge in [-0.25, -0.2) is 4.31 Å². The molecule has 0 unspecified atom stereocenters. The fraction of sp³-hybridized carbons (Fsp3) is 0.348. The van der Waals surface area contributed by atoms with Crippen LogP contribution in [0.4, 0.5) is 6.01 Å². The molecule has 8 heteroatoms. The molecule has 0 saturated carbocycles. The zero-order chi connectivity index (χ0) is 21.8. The predicted octanol–water partition coefficient (Wildman–Crippen LogP) is 4.98. The summed E-state index contributed by atoms with van der Waals surface area (Å²) in [6.07, 6.45) is 1.28. The molecule has 2 aromatic carbocycles. The lowest BCUT2D eigenvalue weighted by molar-refractivity contribution is 0.102. The summed E-state index contributed by atoms with van der Waals surface area (Å²) in [5, 5.41) is 10.6. The number of benzene rings is 2. The minimum atomic E-state index is -0.290. The van der Waals surface area contributed by atoms with Crippen LogP contribution in [0.2, 0.25) is 0 Å². The summed E-state index contributed by atoms with van der Waals surface area (Å²) in [5.74, 6) is 2.19. The summed E-state index contributed by atoms with van der Waals surface area (Å²) in [4.78, 5) is 13.7. The van der Waals surface area contributed by atoms with Gasteiger partial charge in [-0.1, -0.05) is 18.9 Å². The number of carbonyl (C=O) groups excluding carboxylic acids is 1. The van der Waals surface area contributed by atoms with E-state index in [-0.39, 0.29) is 11.9 Å². The summed E-state index contributed by atoms with van der Waals surface area (Å²) >= 11 is 1.75. The molecule has 1 amide bonds. The molecule has 1 aliphatic rings. The van der Waals surface area contributed by atoms with Gasteiger partial charge in [-0.3, -0.25) is 10.1 Å². The number of methoxy groups -OCH3 is 1. The van der Waals surface area contributed by atoms with Crippen molar-refractivity contribution in [3.8, 4) is 17.2 Å². The number of nitrogens with zero attached hydrogens (tertiary/aromatic N) is 3. The second-order valence-electron chi connectivity index (χ2n) is 8.00. The fourth-order valence-electron chi connectivity index (χ4n) is 3.79. The molecule has 1 N–H and O–H groups in total. The monoisotopic (exact) mass is 438 g/mol. The van der Waals surface area contributed by atoms with Gasteiger partial charge in [0.05, 0.1) is 7.11 Å². The van der Waals surface area contributed by atoms with Crippen LogP contribution < -0.4 is 10.1 Å². The number of nitrogens with one attached hydrogen (secondary N) is 1. The summed E-state index contributed by atoms with van der Waals surface area (Å²) in [6.45, 7) is 6.78. The molecule has 0 bridgehead atoms. The van der Waals surface area contributed by atoms with Crippen LogP contribution in [0, 0.1) is 11.8 Å². The van der Waals surface area contributed by atoms with Crippen LogP contribution in [0.25, 0.3) is 11.5 Å². The van der Waals surface area contributed by atoms with Crippen molar-refractivity contribution in [1.29, 1.82) is 0 Å². The van der Waals surface area contributed by atoms with Crippen molar-refractivity contribution in [3.63, 3.8) is 0 Å². The van der Waals surface area contributed by atoms with Gasteiger partial charge in [0, 0.05) is 29.1 Å². The van der Waals surface area contributed by atoms with Gasteiger partial charge in [-0.15, -0.1) is 5.10 Å². The maximum Gasteiger partial charge on any atom is 0.322 e. The number of anilines is 1. The Hall–Kier alpha value is -2.84. The number of ether oxygens (including phenoxy) is 1. The van der Waals surface area contributed by atoms with Crippen LogP contribution in [0.5, 0.6) is 5.75 Å². The van der Waals surface area contributed by atoms with Crippen molar-refractivity contribution < 1.29 is 13.9 Å². The van der Waals surface area contributed by atoms with Crippen LogP contribution in [0.1, 0.15) is 30.6 Å². The highest BCUT2D eigenvalue weighted by Crippen LogP contribution is 2.31. The molecule has 2 atom stereocenters.